The normalized spacial score (nSPS) is 13.5. The van der Waals surface area contributed by atoms with Gasteiger partial charge in [-0.2, -0.15) is 0 Å². The predicted octanol–water partition coefficient (Wildman–Crippen LogP) is 3.28. The van der Waals surface area contributed by atoms with Gasteiger partial charge in [0, 0.05) is 49.8 Å². The lowest BCUT2D eigenvalue weighted by atomic mass is 9.99. The second kappa shape index (κ2) is 9.05. The first-order valence-electron chi connectivity index (χ1n) is 10.2. The van der Waals surface area contributed by atoms with Crippen LogP contribution in [0, 0.1) is 0 Å². The Morgan fingerprint density at radius 3 is 2.47 bits per heavy atom. The van der Waals surface area contributed by atoms with Gasteiger partial charge in [-0.05, 0) is 60.0 Å². The van der Waals surface area contributed by atoms with Crippen molar-refractivity contribution in [2.45, 2.75) is 13.0 Å². The Morgan fingerprint density at radius 2 is 1.73 bits per heavy atom. The third-order valence-corrected chi connectivity index (χ3v) is 5.52. The van der Waals surface area contributed by atoms with Crippen LogP contribution in [0.2, 0.25) is 0 Å². The van der Waals surface area contributed by atoms with Crippen molar-refractivity contribution in [1.29, 1.82) is 0 Å². The molecule has 0 atom stereocenters. The molecule has 0 bridgehead atoms. The maximum Gasteiger partial charge on any atom is 0.251 e. The zero-order chi connectivity index (χ0) is 20.9. The van der Waals surface area contributed by atoms with Crippen molar-refractivity contribution in [2.24, 2.45) is 0 Å². The number of rotatable bonds is 7. The van der Waals surface area contributed by atoms with E-state index in [9.17, 15) is 4.79 Å². The van der Waals surface area contributed by atoms with Crippen LogP contribution in [0.4, 0.5) is 0 Å². The van der Waals surface area contributed by atoms with E-state index >= 15 is 0 Å². The molecule has 0 saturated carbocycles. The number of benzene rings is 2. The Labute approximate surface area is 177 Å². The molecule has 0 aliphatic carbocycles. The van der Waals surface area contributed by atoms with Gasteiger partial charge in [0.2, 0.25) is 0 Å². The van der Waals surface area contributed by atoms with E-state index in [2.05, 4.69) is 22.3 Å². The quantitative estimate of drug-likeness (QED) is 0.655. The molecule has 156 valence electrons. The van der Waals surface area contributed by atoms with Crippen LogP contribution < -0.4 is 14.8 Å². The average Bonchev–Trinajstić information content (AvgIpc) is 3.33. The summed E-state index contributed by atoms with van der Waals surface area (Å²) in [5.41, 5.74) is 4.20. The van der Waals surface area contributed by atoms with E-state index in [1.54, 1.807) is 14.2 Å². The number of ether oxygens (including phenoxy) is 2. The summed E-state index contributed by atoms with van der Waals surface area (Å²) in [5.74, 6) is 1.49. The van der Waals surface area contributed by atoms with Gasteiger partial charge < -0.3 is 19.4 Å². The largest absolute Gasteiger partial charge is 0.493 e. The first-order valence-corrected chi connectivity index (χ1v) is 10.2. The molecule has 1 amide bonds. The maximum absolute atomic E-state index is 12.6. The van der Waals surface area contributed by atoms with Crippen molar-refractivity contribution >= 4 is 5.91 Å². The summed E-state index contributed by atoms with van der Waals surface area (Å²) in [6.07, 6.45) is 4.90. The number of aromatic nitrogens is 1. The number of hydrogen-bond acceptors (Lipinski definition) is 4. The average molecular weight is 405 g/mol. The van der Waals surface area contributed by atoms with E-state index in [1.165, 1.54) is 11.1 Å². The fourth-order valence-corrected chi connectivity index (χ4v) is 3.88. The molecule has 6 nitrogen and oxygen atoms in total. The van der Waals surface area contributed by atoms with Crippen molar-refractivity contribution < 1.29 is 14.3 Å². The molecule has 30 heavy (non-hydrogen) atoms. The minimum absolute atomic E-state index is 0.0483. The predicted molar refractivity (Wildman–Crippen MR) is 117 cm³/mol. The molecule has 2 aromatic carbocycles. The van der Waals surface area contributed by atoms with Crippen LogP contribution in [0.15, 0.2) is 60.9 Å². The van der Waals surface area contributed by atoms with E-state index in [4.69, 9.17) is 9.47 Å². The highest BCUT2D eigenvalue weighted by Gasteiger charge is 2.19. The van der Waals surface area contributed by atoms with E-state index in [-0.39, 0.29) is 5.91 Å². The number of amides is 1. The Morgan fingerprint density at radius 1 is 1.00 bits per heavy atom. The molecule has 4 rings (SSSR count). The Kier molecular flexibility index (Phi) is 6.05. The highest BCUT2D eigenvalue weighted by molar-refractivity contribution is 5.94. The fourth-order valence-electron chi connectivity index (χ4n) is 3.88. The van der Waals surface area contributed by atoms with Crippen molar-refractivity contribution in [2.75, 3.05) is 33.9 Å². The van der Waals surface area contributed by atoms with E-state index in [1.807, 2.05) is 53.4 Å². The second-order valence-corrected chi connectivity index (χ2v) is 7.40. The zero-order valence-electron chi connectivity index (χ0n) is 17.4. The van der Waals surface area contributed by atoms with Crippen LogP contribution >= 0.6 is 0 Å². The number of hydrogen-bond donors (Lipinski definition) is 1. The maximum atomic E-state index is 12.6. The van der Waals surface area contributed by atoms with Gasteiger partial charge in [0.05, 0.1) is 14.2 Å². The summed E-state index contributed by atoms with van der Waals surface area (Å²) in [4.78, 5) is 14.9. The molecular formula is C24H27N3O3. The molecule has 6 heteroatoms. The van der Waals surface area contributed by atoms with Gasteiger partial charge in [-0.25, -0.2) is 0 Å². The smallest absolute Gasteiger partial charge is 0.251 e. The van der Waals surface area contributed by atoms with Gasteiger partial charge >= 0.3 is 0 Å². The number of nitrogens with zero attached hydrogens (tertiary/aromatic N) is 2. The van der Waals surface area contributed by atoms with Crippen molar-refractivity contribution in [1.82, 2.24) is 14.8 Å². The molecule has 0 fully saturated rings. The fraction of sp³-hybridized carbons (Fsp3) is 0.292. The number of carbonyl (C=O) groups excluding carboxylic acids is 1. The highest BCUT2D eigenvalue weighted by atomic mass is 16.5. The number of methoxy groups -OCH3 is 2. The molecule has 0 spiro atoms. The molecule has 1 aromatic heterocycles. The monoisotopic (exact) mass is 405 g/mol. The summed E-state index contributed by atoms with van der Waals surface area (Å²) >= 11 is 0. The Hall–Kier alpha value is -3.25. The van der Waals surface area contributed by atoms with Gasteiger partial charge in [0.25, 0.3) is 5.91 Å². The third kappa shape index (κ3) is 4.33. The number of fused-ring (bicyclic) bond motifs is 1. The van der Waals surface area contributed by atoms with Gasteiger partial charge in [0.1, 0.15) is 0 Å². The van der Waals surface area contributed by atoms with Crippen molar-refractivity contribution in [3.05, 3.63) is 77.6 Å². The molecule has 0 unspecified atom stereocenters. The molecule has 1 aliphatic rings. The van der Waals surface area contributed by atoms with Gasteiger partial charge in [0.15, 0.2) is 11.5 Å². The molecule has 1 N–H and O–H groups in total. The van der Waals surface area contributed by atoms with E-state index in [0.717, 1.165) is 43.2 Å². The first-order chi connectivity index (χ1) is 14.7. The summed E-state index contributed by atoms with van der Waals surface area (Å²) in [7, 11) is 3.32. The summed E-state index contributed by atoms with van der Waals surface area (Å²) < 4.78 is 12.8. The third-order valence-electron chi connectivity index (χ3n) is 5.52. The lowest BCUT2D eigenvalue weighted by Gasteiger charge is -2.29. The SMILES string of the molecule is COc1cc2c(cc1OC)CN(CCNC(=O)c1cccc(-n3cccc3)c1)CC2. The van der Waals surface area contributed by atoms with E-state index < -0.39 is 0 Å². The Bertz CT molecular complexity index is 1010. The molecule has 3 aromatic rings. The van der Waals surface area contributed by atoms with Crippen LogP contribution in [-0.4, -0.2) is 49.2 Å². The highest BCUT2D eigenvalue weighted by Crippen LogP contribution is 2.33. The first kappa shape index (κ1) is 20.0. The van der Waals surface area contributed by atoms with Gasteiger partial charge in [-0.3, -0.25) is 9.69 Å². The Balaban J connectivity index is 1.33. The number of carbonyl (C=O) groups is 1. The lowest BCUT2D eigenvalue weighted by molar-refractivity contribution is 0.0947. The van der Waals surface area contributed by atoms with Crippen LogP contribution in [0.1, 0.15) is 21.5 Å². The summed E-state index contributed by atoms with van der Waals surface area (Å²) in [6, 6.07) is 15.7. The van der Waals surface area contributed by atoms with E-state index in [0.29, 0.717) is 12.1 Å². The van der Waals surface area contributed by atoms with Crippen molar-refractivity contribution in [3.8, 4) is 17.2 Å². The lowest BCUT2D eigenvalue weighted by Crippen LogP contribution is -2.37. The minimum Gasteiger partial charge on any atom is -0.493 e. The number of nitrogens with one attached hydrogen (secondary N) is 1. The zero-order valence-corrected chi connectivity index (χ0v) is 17.4. The van der Waals surface area contributed by atoms with Crippen LogP contribution in [0.5, 0.6) is 11.5 Å². The van der Waals surface area contributed by atoms with Gasteiger partial charge in [-0.1, -0.05) is 6.07 Å². The second-order valence-electron chi connectivity index (χ2n) is 7.40. The van der Waals surface area contributed by atoms with Crippen LogP contribution in [0.25, 0.3) is 5.69 Å². The molecule has 2 heterocycles. The topological polar surface area (TPSA) is 55.7 Å². The van der Waals surface area contributed by atoms with Crippen LogP contribution in [0.3, 0.4) is 0 Å². The molecule has 0 saturated heterocycles. The van der Waals surface area contributed by atoms with Crippen LogP contribution in [-0.2, 0) is 13.0 Å². The van der Waals surface area contributed by atoms with Gasteiger partial charge in [-0.15, -0.1) is 0 Å². The molecular weight excluding hydrogens is 378 g/mol. The summed E-state index contributed by atoms with van der Waals surface area (Å²) in [6.45, 7) is 3.21. The molecule has 1 aliphatic heterocycles. The minimum atomic E-state index is -0.0483. The molecule has 0 radical (unpaired) electrons. The summed E-state index contributed by atoms with van der Waals surface area (Å²) in [5, 5.41) is 3.05. The standard InChI is InChI=1S/C24H27N3O3/c1-29-22-15-18-8-12-26(17-20(18)16-23(22)30-2)13-9-25-24(28)19-6-5-7-21(14-19)27-10-3-4-11-27/h3-7,10-11,14-16H,8-9,12-13,17H2,1-2H3,(H,25,28). The van der Waals surface area contributed by atoms with Crippen molar-refractivity contribution in [3.63, 3.8) is 0 Å².